The number of amides is 1. The van der Waals surface area contributed by atoms with Crippen molar-refractivity contribution in [2.75, 3.05) is 12.4 Å². The monoisotopic (exact) mass is 351 g/mol. The minimum Gasteiger partial charge on any atom is -0.465 e. The highest BCUT2D eigenvalue weighted by molar-refractivity contribution is 7.17. The number of carbonyl (C=O) groups is 2. The first-order valence-electron chi connectivity index (χ1n) is 9.16. The number of aryl methyl sites for hydroxylation is 1. The maximum absolute atomic E-state index is 12.6. The van der Waals surface area contributed by atoms with Gasteiger partial charge in [-0.2, -0.15) is 0 Å². The summed E-state index contributed by atoms with van der Waals surface area (Å²) in [6.45, 7) is 4.18. The maximum atomic E-state index is 12.6. The fraction of sp³-hybridized carbons (Fsp3) is 0.684. The number of ether oxygens (including phenoxy) is 1. The van der Waals surface area contributed by atoms with Crippen LogP contribution in [0.1, 0.15) is 79.6 Å². The lowest BCUT2D eigenvalue weighted by Gasteiger charge is -2.14. The first-order valence-corrected chi connectivity index (χ1v) is 9.97. The standard InChI is InChI=1S/C19H29NO3S/c1-4-6-10-13(5-2)17(21)20-18-16(19(22)23-3)14-11-8-7-9-12-15(14)24-18/h13H,4-12H2,1-3H3,(H,20,21). The summed E-state index contributed by atoms with van der Waals surface area (Å²) in [6, 6.07) is 0. The molecule has 1 aliphatic carbocycles. The molecule has 0 bridgehead atoms. The average molecular weight is 352 g/mol. The van der Waals surface area contributed by atoms with Crippen LogP contribution in [0.5, 0.6) is 0 Å². The Morgan fingerprint density at radius 3 is 2.62 bits per heavy atom. The van der Waals surface area contributed by atoms with E-state index in [0.29, 0.717) is 10.6 Å². The predicted octanol–water partition coefficient (Wildman–Crippen LogP) is 4.96. The van der Waals surface area contributed by atoms with E-state index in [4.69, 9.17) is 4.74 Å². The van der Waals surface area contributed by atoms with Gasteiger partial charge in [0.25, 0.3) is 0 Å². The second-order valence-corrected chi connectivity index (χ2v) is 7.60. The van der Waals surface area contributed by atoms with Crippen LogP contribution >= 0.6 is 11.3 Å². The van der Waals surface area contributed by atoms with E-state index >= 15 is 0 Å². The smallest absolute Gasteiger partial charge is 0.341 e. The van der Waals surface area contributed by atoms with Crippen molar-refractivity contribution < 1.29 is 14.3 Å². The van der Waals surface area contributed by atoms with Crippen LogP contribution in [0.15, 0.2) is 0 Å². The Labute approximate surface area is 149 Å². The van der Waals surface area contributed by atoms with Crippen molar-refractivity contribution in [1.82, 2.24) is 0 Å². The van der Waals surface area contributed by atoms with Gasteiger partial charge < -0.3 is 10.1 Å². The lowest BCUT2D eigenvalue weighted by molar-refractivity contribution is -0.120. The number of nitrogens with one attached hydrogen (secondary N) is 1. The second-order valence-electron chi connectivity index (χ2n) is 6.50. The zero-order chi connectivity index (χ0) is 17.5. The van der Waals surface area contributed by atoms with E-state index in [-0.39, 0.29) is 17.8 Å². The van der Waals surface area contributed by atoms with E-state index < -0.39 is 0 Å². The number of methoxy groups -OCH3 is 1. The molecular formula is C19H29NO3S. The Kier molecular flexibility index (Phi) is 7.28. The van der Waals surface area contributed by atoms with Gasteiger partial charge >= 0.3 is 5.97 Å². The highest BCUT2D eigenvalue weighted by Crippen LogP contribution is 2.38. The minimum absolute atomic E-state index is 0.0114. The number of anilines is 1. The third-order valence-corrected chi connectivity index (χ3v) is 6.02. The Morgan fingerprint density at radius 2 is 1.96 bits per heavy atom. The van der Waals surface area contributed by atoms with Crippen molar-refractivity contribution in [3.05, 3.63) is 16.0 Å². The Balaban J connectivity index is 2.25. The lowest BCUT2D eigenvalue weighted by Crippen LogP contribution is -2.23. The van der Waals surface area contributed by atoms with E-state index in [1.165, 1.54) is 18.4 Å². The van der Waals surface area contributed by atoms with Gasteiger partial charge in [-0.05, 0) is 44.1 Å². The third kappa shape index (κ3) is 4.38. The van der Waals surface area contributed by atoms with Crippen molar-refractivity contribution in [3.63, 3.8) is 0 Å². The summed E-state index contributed by atoms with van der Waals surface area (Å²) in [5, 5.41) is 3.73. The molecule has 1 unspecified atom stereocenters. The summed E-state index contributed by atoms with van der Waals surface area (Å²) < 4.78 is 4.99. The van der Waals surface area contributed by atoms with Gasteiger partial charge in [-0.25, -0.2) is 4.79 Å². The first-order chi connectivity index (χ1) is 11.6. The van der Waals surface area contributed by atoms with Crippen LogP contribution in [-0.4, -0.2) is 19.0 Å². The van der Waals surface area contributed by atoms with Gasteiger partial charge in [-0.15, -0.1) is 11.3 Å². The third-order valence-electron chi connectivity index (χ3n) is 4.82. The van der Waals surface area contributed by atoms with Gasteiger partial charge in [0.15, 0.2) is 0 Å². The van der Waals surface area contributed by atoms with E-state index in [1.54, 1.807) is 11.3 Å². The van der Waals surface area contributed by atoms with Crippen molar-refractivity contribution in [2.45, 2.75) is 71.6 Å². The second kappa shape index (κ2) is 9.21. The molecule has 0 radical (unpaired) electrons. The summed E-state index contributed by atoms with van der Waals surface area (Å²) in [5.41, 5.74) is 1.69. The van der Waals surface area contributed by atoms with Crippen molar-refractivity contribution >= 4 is 28.2 Å². The van der Waals surface area contributed by atoms with E-state index in [2.05, 4.69) is 12.2 Å². The van der Waals surface area contributed by atoms with Gasteiger partial charge in [0.05, 0.1) is 12.7 Å². The molecule has 2 rings (SSSR count). The van der Waals surface area contributed by atoms with Crippen LogP contribution < -0.4 is 5.32 Å². The number of unbranched alkanes of at least 4 members (excludes halogenated alkanes) is 1. The minimum atomic E-state index is -0.327. The first kappa shape index (κ1) is 19.0. The molecule has 1 aliphatic rings. The number of carbonyl (C=O) groups excluding carboxylic acids is 2. The van der Waals surface area contributed by atoms with Crippen LogP contribution in [0.2, 0.25) is 0 Å². The number of hydrogen-bond donors (Lipinski definition) is 1. The fourth-order valence-electron chi connectivity index (χ4n) is 3.33. The van der Waals surface area contributed by atoms with E-state index in [0.717, 1.165) is 56.9 Å². The van der Waals surface area contributed by atoms with E-state index in [9.17, 15) is 9.59 Å². The van der Waals surface area contributed by atoms with Crippen LogP contribution in [0.3, 0.4) is 0 Å². The maximum Gasteiger partial charge on any atom is 0.341 e. The van der Waals surface area contributed by atoms with Crippen LogP contribution in [0, 0.1) is 5.92 Å². The average Bonchev–Trinajstić information content (AvgIpc) is 2.76. The zero-order valence-corrected chi connectivity index (χ0v) is 15.9. The SMILES string of the molecule is CCCCC(CC)C(=O)Nc1sc2c(c1C(=O)OC)CCCCC2. The highest BCUT2D eigenvalue weighted by atomic mass is 32.1. The van der Waals surface area contributed by atoms with Gasteiger partial charge in [0.2, 0.25) is 5.91 Å². The van der Waals surface area contributed by atoms with Crippen molar-refractivity contribution in [2.24, 2.45) is 5.92 Å². The summed E-state index contributed by atoms with van der Waals surface area (Å²) in [5.74, 6) is -0.281. The Bertz CT molecular complexity index is 579. The van der Waals surface area contributed by atoms with Crippen LogP contribution in [-0.2, 0) is 22.4 Å². The van der Waals surface area contributed by atoms with Gasteiger partial charge in [0, 0.05) is 10.8 Å². The highest BCUT2D eigenvalue weighted by Gasteiger charge is 2.27. The van der Waals surface area contributed by atoms with Gasteiger partial charge in [-0.3, -0.25) is 4.79 Å². The number of rotatable bonds is 7. The molecule has 0 saturated heterocycles. The van der Waals surface area contributed by atoms with E-state index in [1.807, 2.05) is 6.92 Å². The molecule has 1 atom stereocenters. The van der Waals surface area contributed by atoms with Crippen molar-refractivity contribution in [1.29, 1.82) is 0 Å². The molecule has 134 valence electrons. The predicted molar refractivity (Wildman–Crippen MR) is 98.9 cm³/mol. The largest absolute Gasteiger partial charge is 0.465 e. The number of hydrogen-bond acceptors (Lipinski definition) is 4. The number of thiophene rings is 1. The number of esters is 1. The summed E-state index contributed by atoms with van der Waals surface area (Å²) in [7, 11) is 1.41. The fourth-order valence-corrected chi connectivity index (χ4v) is 4.61. The molecule has 1 N–H and O–H groups in total. The lowest BCUT2D eigenvalue weighted by atomic mass is 9.98. The number of fused-ring (bicyclic) bond motifs is 1. The summed E-state index contributed by atoms with van der Waals surface area (Å²) in [4.78, 5) is 26.2. The molecule has 24 heavy (non-hydrogen) atoms. The molecule has 0 saturated carbocycles. The molecule has 0 spiro atoms. The molecule has 1 amide bonds. The summed E-state index contributed by atoms with van der Waals surface area (Å²) >= 11 is 1.57. The van der Waals surface area contributed by atoms with Crippen molar-refractivity contribution in [3.8, 4) is 0 Å². The van der Waals surface area contributed by atoms with Crippen LogP contribution in [0.25, 0.3) is 0 Å². The van der Waals surface area contributed by atoms with Gasteiger partial charge in [-0.1, -0.05) is 33.1 Å². The van der Waals surface area contributed by atoms with Gasteiger partial charge in [0.1, 0.15) is 5.00 Å². The zero-order valence-electron chi connectivity index (χ0n) is 15.1. The Hall–Kier alpha value is -1.36. The normalized spacial score (nSPS) is 15.3. The molecule has 0 fully saturated rings. The van der Waals surface area contributed by atoms with Crippen LogP contribution in [0.4, 0.5) is 5.00 Å². The molecule has 0 aromatic carbocycles. The Morgan fingerprint density at radius 1 is 1.21 bits per heavy atom. The molecule has 1 aromatic rings. The molecule has 1 heterocycles. The summed E-state index contributed by atoms with van der Waals surface area (Å²) in [6.07, 6.45) is 9.19. The molecular weight excluding hydrogens is 322 g/mol. The molecule has 5 heteroatoms. The molecule has 4 nitrogen and oxygen atoms in total. The quantitative estimate of drug-likeness (QED) is 0.558. The topological polar surface area (TPSA) is 55.4 Å². The molecule has 1 aromatic heterocycles. The molecule has 0 aliphatic heterocycles.